The van der Waals surface area contributed by atoms with E-state index in [1.54, 1.807) is 6.07 Å². The van der Waals surface area contributed by atoms with Crippen molar-refractivity contribution in [2.45, 2.75) is 13.1 Å². The molecule has 0 heterocycles. The Kier molecular flexibility index (Phi) is 7.38. The van der Waals surface area contributed by atoms with Gasteiger partial charge in [-0.2, -0.15) is 0 Å². The zero-order valence-corrected chi connectivity index (χ0v) is 15.9. The van der Waals surface area contributed by atoms with Gasteiger partial charge in [-0.05, 0) is 38.8 Å². The molecule has 0 aliphatic heterocycles. The van der Waals surface area contributed by atoms with Crippen molar-refractivity contribution in [3.63, 3.8) is 0 Å². The molecule has 0 radical (unpaired) electrons. The van der Waals surface area contributed by atoms with Gasteiger partial charge in [0.15, 0.2) is 0 Å². The number of rotatable bonds is 8. The zero-order valence-electron chi connectivity index (χ0n) is 14.4. The van der Waals surface area contributed by atoms with Crippen LogP contribution in [0.15, 0.2) is 42.5 Å². The van der Waals surface area contributed by atoms with Crippen LogP contribution in [0.25, 0.3) is 0 Å². The lowest BCUT2D eigenvalue weighted by Crippen LogP contribution is -2.24. The van der Waals surface area contributed by atoms with E-state index < -0.39 is 0 Å². The van der Waals surface area contributed by atoms with Crippen LogP contribution in [-0.4, -0.2) is 44.1 Å². The second kappa shape index (κ2) is 9.28. The van der Waals surface area contributed by atoms with Gasteiger partial charge in [-0.15, -0.1) is 0 Å². The molecule has 0 bridgehead atoms. The van der Waals surface area contributed by atoms with E-state index in [-0.39, 0.29) is 0 Å². The van der Waals surface area contributed by atoms with Gasteiger partial charge < -0.3 is 9.64 Å². The fourth-order valence-electron chi connectivity index (χ4n) is 2.46. The van der Waals surface area contributed by atoms with Gasteiger partial charge in [0.1, 0.15) is 12.4 Å². The summed E-state index contributed by atoms with van der Waals surface area (Å²) in [5.41, 5.74) is 2.22. The van der Waals surface area contributed by atoms with Gasteiger partial charge in [-0.3, -0.25) is 4.90 Å². The highest BCUT2D eigenvalue weighted by atomic mass is 35.5. The van der Waals surface area contributed by atoms with Crippen molar-refractivity contribution in [2.75, 3.05) is 34.3 Å². The summed E-state index contributed by atoms with van der Waals surface area (Å²) in [6.07, 6.45) is 0. The molecule has 0 unspecified atom stereocenters. The second-order valence-electron chi connectivity index (χ2n) is 6.15. The lowest BCUT2D eigenvalue weighted by Gasteiger charge is -2.20. The van der Waals surface area contributed by atoms with Gasteiger partial charge in [-0.1, -0.05) is 53.5 Å². The fourth-order valence-corrected chi connectivity index (χ4v) is 2.85. The zero-order chi connectivity index (χ0) is 17.5. The third kappa shape index (κ3) is 5.67. The first kappa shape index (κ1) is 19.1. The first-order valence-corrected chi connectivity index (χ1v) is 8.70. The predicted octanol–water partition coefficient (Wildman–Crippen LogP) is 4.57. The molecule has 3 nitrogen and oxygen atoms in total. The number of likely N-dealkylation sites (N-methyl/N-ethyl adjacent to an activating group) is 1. The van der Waals surface area contributed by atoms with E-state index in [4.69, 9.17) is 27.9 Å². The van der Waals surface area contributed by atoms with Crippen molar-refractivity contribution < 1.29 is 4.74 Å². The molecular formula is C19H24Cl2N2O. The number of hydrogen-bond acceptors (Lipinski definition) is 3. The Labute approximate surface area is 154 Å². The third-order valence-electron chi connectivity index (χ3n) is 3.65. The quantitative estimate of drug-likeness (QED) is 0.680. The van der Waals surface area contributed by atoms with Crippen LogP contribution in [0.4, 0.5) is 0 Å². The molecule has 24 heavy (non-hydrogen) atoms. The molecule has 2 aromatic carbocycles. The van der Waals surface area contributed by atoms with E-state index in [1.807, 2.05) is 31.1 Å². The van der Waals surface area contributed by atoms with Gasteiger partial charge in [0.25, 0.3) is 0 Å². The monoisotopic (exact) mass is 366 g/mol. The Morgan fingerprint density at radius 2 is 1.62 bits per heavy atom. The summed E-state index contributed by atoms with van der Waals surface area (Å²) in [5, 5.41) is 1.13. The second-order valence-corrected chi connectivity index (χ2v) is 6.93. The van der Waals surface area contributed by atoms with Crippen molar-refractivity contribution in [3.8, 4) is 5.75 Å². The van der Waals surface area contributed by atoms with Gasteiger partial charge in [0.2, 0.25) is 0 Å². The van der Waals surface area contributed by atoms with E-state index in [0.29, 0.717) is 23.2 Å². The molecule has 2 rings (SSSR count). The molecule has 0 spiro atoms. The molecule has 0 saturated carbocycles. The van der Waals surface area contributed by atoms with Crippen molar-refractivity contribution in [3.05, 3.63) is 63.6 Å². The SMILES string of the molecule is CN(C)Cc1c(OCCN(C)Cc2ccccc2)ccc(Cl)c1Cl. The Morgan fingerprint density at radius 3 is 2.29 bits per heavy atom. The first-order chi connectivity index (χ1) is 11.5. The molecule has 0 aliphatic carbocycles. The highest BCUT2D eigenvalue weighted by molar-refractivity contribution is 6.42. The van der Waals surface area contributed by atoms with E-state index in [2.05, 4.69) is 36.2 Å². The average Bonchev–Trinajstić information content (AvgIpc) is 2.54. The summed E-state index contributed by atoms with van der Waals surface area (Å²) in [7, 11) is 6.08. The van der Waals surface area contributed by atoms with Gasteiger partial charge >= 0.3 is 0 Å². The summed E-state index contributed by atoms with van der Waals surface area (Å²) in [4.78, 5) is 4.28. The van der Waals surface area contributed by atoms with Crippen LogP contribution >= 0.6 is 23.2 Å². The molecule has 0 amide bonds. The molecule has 0 fully saturated rings. The maximum absolute atomic E-state index is 6.34. The number of halogens is 2. The van der Waals surface area contributed by atoms with Crippen LogP contribution in [0.1, 0.15) is 11.1 Å². The fraction of sp³-hybridized carbons (Fsp3) is 0.368. The van der Waals surface area contributed by atoms with Crippen LogP contribution < -0.4 is 4.74 Å². The van der Waals surface area contributed by atoms with Crippen LogP contribution in [0.5, 0.6) is 5.75 Å². The maximum atomic E-state index is 6.34. The van der Waals surface area contributed by atoms with Crippen LogP contribution in [-0.2, 0) is 13.1 Å². The lowest BCUT2D eigenvalue weighted by atomic mass is 10.2. The van der Waals surface area contributed by atoms with Crippen molar-refractivity contribution in [1.29, 1.82) is 0 Å². The summed E-state index contributed by atoms with van der Waals surface area (Å²) in [6, 6.07) is 14.1. The smallest absolute Gasteiger partial charge is 0.125 e. The minimum atomic E-state index is 0.557. The van der Waals surface area contributed by atoms with Crippen molar-refractivity contribution in [2.24, 2.45) is 0 Å². The van der Waals surface area contributed by atoms with Crippen molar-refractivity contribution >= 4 is 23.2 Å². The topological polar surface area (TPSA) is 15.7 Å². The van der Waals surface area contributed by atoms with Crippen molar-refractivity contribution in [1.82, 2.24) is 9.80 Å². The van der Waals surface area contributed by atoms with Gasteiger partial charge in [-0.25, -0.2) is 0 Å². The standard InChI is InChI=1S/C19H24Cl2N2O/c1-22(2)14-16-18(10-9-17(20)19(16)21)24-12-11-23(3)13-15-7-5-4-6-8-15/h4-10H,11-14H2,1-3H3. The molecule has 0 aromatic heterocycles. The molecule has 0 aliphatic rings. The Bertz CT molecular complexity index is 647. The number of nitrogens with zero attached hydrogens (tertiary/aromatic N) is 2. The van der Waals surface area contributed by atoms with E-state index in [9.17, 15) is 0 Å². The molecule has 0 atom stereocenters. The molecule has 0 N–H and O–H groups in total. The molecular weight excluding hydrogens is 343 g/mol. The lowest BCUT2D eigenvalue weighted by molar-refractivity contribution is 0.229. The minimum Gasteiger partial charge on any atom is -0.492 e. The molecule has 0 saturated heterocycles. The summed E-state index contributed by atoms with van der Waals surface area (Å²) < 4.78 is 5.97. The average molecular weight is 367 g/mol. The molecule has 5 heteroatoms. The van der Waals surface area contributed by atoms with Crippen LogP contribution in [0.2, 0.25) is 10.0 Å². The summed E-state index contributed by atoms with van der Waals surface area (Å²) >= 11 is 12.5. The first-order valence-electron chi connectivity index (χ1n) is 7.94. The van der Waals surface area contributed by atoms with Gasteiger partial charge in [0.05, 0.1) is 10.0 Å². The highest BCUT2D eigenvalue weighted by Crippen LogP contribution is 2.33. The number of benzene rings is 2. The Balaban J connectivity index is 1.93. The third-order valence-corrected chi connectivity index (χ3v) is 4.50. The number of hydrogen-bond donors (Lipinski definition) is 0. The highest BCUT2D eigenvalue weighted by Gasteiger charge is 2.13. The molecule has 2 aromatic rings. The number of ether oxygens (including phenoxy) is 1. The summed E-state index contributed by atoms with van der Waals surface area (Å²) in [5.74, 6) is 0.797. The van der Waals surface area contributed by atoms with E-state index >= 15 is 0 Å². The Morgan fingerprint density at radius 1 is 0.917 bits per heavy atom. The van der Waals surface area contributed by atoms with E-state index in [1.165, 1.54) is 5.56 Å². The van der Waals surface area contributed by atoms with E-state index in [0.717, 1.165) is 24.4 Å². The summed E-state index contributed by atoms with van der Waals surface area (Å²) in [6.45, 7) is 3.02. The largest absolute Gasteiger partial charge is 0.492 e. The maximum Gasteiger partial charge on any atom is 0.125 e. The minimum absolute atomic E-state index is 0.557. The predicted molar refractivity (Wildman–Crippen MR) is 102 cm³/mol. The Hall–Kier alpha value is -1.26. The normalized spacial score (nSPS) is 11.3. The molecule has 130 valence electrons. The van der Waals surface area contributed by atoms with Crippen LogP contribution in [0, 0.1) is 0 Å². The van der Waals surface area contributed by atoms with Crippen LogP contribution in [0.3, 0.4) is 0 Å². The van der Waals surface area contributed by atoms with Gasteiger partial charge in [0, 0.05) is 25.2 Å².